The lowest BCUT2D eigenvalue weighted by Gasteiger charge is -2.26. The molecule has 2 heterocycles. The molecule has 0 spiro atoms. The van der Waals surface area contributed by atoms with Gasteiger partial charge < -0.3 is 10.4 Å². The Balaban J connectivity index is 2.24. The van der Waals surface area contributed by atoms with Crippen molar-refractivity contribution in [1.29, 1.82) is 0 Å². The topological polar surface area (TPSA) is 84.2 Å². The van der Waals surface area contributed by atoms with Gasteiger partial charge in [0.2, 0.25) is 5.91 Å². The Morgan fingerprint density at radius 2 is 2.08 bits per heavy atom. The molecule has 1 aromatic rings. The van der Waals surface area contributed by atoms with Crippen molar-refractivity contribution in [2.75, 3.05) is 11.5 Å². The summed E-state index contributed by atoms with van der Waals surface area (Å²) in [7, 11) is 0. The maximum Gasteiger partial charge on any atom is 0.408 e. The van der Waals surface area contributed by atoms with E-state index in [4.69, 9.17) is 0 Å². The predicted molar refractivity (Wildman–Crippen MR) is 86.6 cm³/mol. The minimum Gasteiger partial charge on any atom is -0.479 e. The standard InChI is InChI=1S/C15H20F3N3O3S/c1-8(12(22)19-14(13(23)24)4-5-25-7-14)11-9(2)20-21(10(11)3)6-15(16,17)18/h8H,4-7H2,1-3H3,(H,19,22)(H,23,24). The molecule has 25 heavy (non-hydrogen) atoms. The number of carboxylic acids is 1. The summed E-state index contributed by atoms with van der Waals surface area (Å²) >= 11 is 1.44. The number of alkyl halides is 3. The van der Waals surface area contributed by atoms with E-state index in [0.717, 1.165) is 4.68 Å². The molecule has 1 amide bonds. The Hall–Kier alpha value is -1.71. The highest BCUT2D eigenvalue weighted by Crippen LogP contribution is 2.31. The summed E-state index contributed by atoms with van der Waals surface area (Å²) in [4.78, 5) is 24.1. The summed E-state index contributed by atoms with van der Waals surface area (Å²) in [6, 6.07) is 0. The van der Waals surface area contributed by atoms with Crippen LogP contribution in [0.2, 0.25) is 0 Å². The molecule has 1 saturated heterocycles. The number of aryl methyl sites for hydroxylation is 1. The average Bonchev–Trinajstić information content (AvgIpc) is 3.03. The number of thioether (sulfide) groups is 1. The zero-order valence-corrected chi connectivity index (χ0v) is 14.9. The van der Waals surface area contributed by atoms with E-state index in [2.05, 4.69) is 10.4 Å². The zero-order valence-electron chi connectivity index (χ0n) is 14.1. The smallest absolute Gasteiger partial charge is 0.408 e. The number of hydrogen-bond acceptors (Lipinski definition) is 4. The van der Waals surface area contributed by atoms with Crippen LogP contribution in [0.4, 0.5) is 13.2 Å². The molecule has 2 unspecified atom stereocenters. The maximum atomic E-state index is 12.6. The van der Waals surface area contributed by atoms with Crippen LogP contribution in [0.25, 0.3) is 0 Å². The molecule has 1 fully saturated rings. The van der Waals surface area contributed by atoms with Gasteiger partial charge in [-0.3, -0.25) is 9.48 Å². The van der Waals surface area contributed by atoms with Crippen molar-refractivity contribution < 1.29 is 27.9 Å². The third-order valence-electron chi connectivity index (χ3n) is 4.39. The van der Waals surface area contributed by atoms with Gasteiger partial charge >= 0.3 is 12.1 Å². The molecule has 1 aromatic heterocycles. The first kappa shape index (κ1) is 19.6. The molecule has 2 N–H and O–H groups in total. The second-order valence-corrected chi connectivity index (χ2v) is 7.36. The van der Waals surface area contributed by atoms with E-state index in [9.17, 15) is 27.9 Å². The number of carboxylic acid groups (broad SMARTS) is 1. The fourth-order valence-electron chi connectivity index (χ4n) is 3.02. The molecular formula is C15H20F3N3O3S. The van der Waals surface area contributed by atoms with Crippen LogP contribution >= 0.6 is 11.8 Å². The summed E-state index contributed by atoms with van der Waals surface area (Å²) in [6.07, 6.45) is -4.10. The number of halogens is 3. The van der Waals surface area contributed by atoms with Crippen molar-refractivity contribution in [3.63, 3.8) is 0 Å². The van der Waals surface area contributed by atoms with Gasteiger partial charge in [0.05, 0.1) is 11.6 Å². The Morgan fingerprint density at radius 3 is 2.56 bits per heavy atom. The number of hydrogen-bond donors (Lipinski definition) is 2. The van der Waals surface area contributed by atoms with Crippen LogP contribution in [0.3, 0.4) is 0 Å². The van der Waals surface area contributed by atoms with Crippen molar-refractivity contribution >= 4 is 23.6 Å². The molecule has 2 rings (SSSR count). The average molecular weight is 379 g/mol. The zero-order chi connectivity index (χ0) is 19.0. The lowest BCUT2D eigenvalue weighted by molar-refractivity contribution is -0.146. The number of amides is 1. The molecule has 140 valence electrons. The number of nitrogens with zero attached hydrogens (tertiary/aromatic N) is 2. The fraction of sp³-hybridized carbons (Fsp3) is 0.667. The summed E-state index contributed by atoms with van der Waals surface area (Å²) < 4.78 is 38.7. The van der Waals surface area contributed by atoms with E-state index in [1.54, 1.807) is 6.92 Å². The molecular weight excluding hydrogens is 359 g/mol. The number of aliphatic carboxylic acids is 1. The Morgan fingerprint density at radius 1 is 1.44 bits per heavy atom. The van der Waals surface area contributed by atoms with Crippen LogP contribution in [-0.2, 0) is 16.1 Å². The van der Waals surface area contributed by atoms with Gasteiger partial charge in [-0.15, -0.1) is 0 Å². The minimum absolute atomic E-state index is 0.252. The van der Waals surface area contributed by atoms with E-state index >= 15 is 0 Å². The van der Waals surface area contributed by atoms with E-state index in [0.29, 0.717) is 23.4 Å². The largest absolute Gasteiger partial charge is 0.479 e. The molecule has 0 aromatic carbocycles. The molecule has 0 aliphatic carbocycles. The fourth-order valence-corrected chi connectivity index (χ4v) is 4.35. The van der Waals surface area contributed by atoms with Crippen LogP contribution in [-0.4, -0.2) is 50.0 Å². The van der Waals surface area contributed by atoms with E-state index in [-0.39, 0.29) is 11.4 Å². The highest BCUT2D eigenvalue weighted by molar-refractivity contribution is 7.99. The SMILES string of the molecule is Cc1nn(CC(F)(F)F)c(C)c1C(C)C(=O)NC1(C(=O)O)CCSC1. The van der Waals surface area contributed by atoms with Gasteiger partial charge in [0.1, 0.15) is 12.1 Å². The highest BCUT2D eigenvalue weighted by atomic mass is 32.2. The number of rotatable bonds is 5. The van der Waals surface area contributed by atoms with Crippen molar-refractivity contribution in [1.82, 2.24) is 15.1 Å². The van der Waals surface area contributed by atoms with Gasteiger partial charge in [-0.2, -0.15) is 30.0 Å². The van der Waals surface area contributed by atoms with E-state index in [1.165, 1.54) is 25.6 Å². The van der Waals surface area contributed by atoms with Gasteiger partial charge in [-0.25, -0.2) is 4.79 Å². The van der Waals surface area contributed by atoms with Crippen molar-refractivity contribution in [3.8, 4) is 0 Å². The van der Waals surface area contributed by atoms with E-state index < -0.39 is 36.1 Å². The normalized spacial score (nSPS) is 22.0. The molecule has 0 saturated carbocycles. The summed E-state index contributed by atoms with van der Waals surface area (Å²) in [5.74, 6) is -1.53. The molecule has 6 nitrogen and oxygen atoms in total. The van der Waals surface area contributed by atoms with Gasteiger partial charge in [0.25, 0.3) is 0 Å². The van der Waals surface area contributed by atoms with Gasteiger partial charge in [-0.05, 0) is 32.9 Å². The molecule has 1 aliphatic heterocycles. The lowest BCUT2D eigenvalue weighted by atomic mass is 9.94. The minimum atomic E-state index is -4.42. The van der Waals surface area contributed by atoms with Crippen LogP contribution in [0.5, 0.6) is 0 Å². The van der Waals surface area contributed by atoms with Gasteiger partial charge in [0, 0.05) is 17.0 Å². The van der Waals surface area contributed by atoms with Crippen LogP contribution in [0.1, 0.15) is 36.2 Å². The molecule has 1 aliphatic rings. The first-order valence-electron chi connectivity index (χ1n) is 7.70. The molecule has 0 radical (unpaired) electrons. The summed E-state index contributed by atoms with van der Waals surface area (Å²) in [5.41, 5.74) is -0.343. The van der Waals surface area contributed by atoms with Crippen molar-refractivity contribution in [3.05, 3.63) is 17.0 Å². The van der Waals surface area contributed by atoms with Crippen molar-refractivity contribution in [2.24, 2.45) is 0 Å². The maximum absolute atomic E-state index is 12.6. The van der Waals surface area contributed by atoms with Gasteiger partial charge in [0.15, 0.2) is 0 Å². The second-order valence-electron chi connectivity index (χ2n) is 6.26. The number of aromatic nitrogens is 2. The Bertz CT molecular complexity index is 682. The quantitative estimate of drug-likeness (QED) is 0.820. The number of carbonyl (C=O) groups excluding carboxylic acids is 1. The summed E-state index contributed by atoms with van der Waals surface area (Å²) in [6.45, 7) is 3.33. The molecule has 2 atom stereocenters. The molecule has 10 heteroatoms. The molecule has 0 bridgehead atoms. The van der Waals surface area contributed by atoms with E-state index in [1.807, 2.05) is 0 Å². The highest BCUT2D eigenvalue weighted by Gasteiger charge is 2.44. The third kappa shape index (κ3) is 4.10. The second kappa shape index (κ2) is 6.89. The monoisotopic (exact) mass is 379 g/mol. The Labute approximate surface area is 147 Å². The number of carbonyl (C=O) groups is 2. The van der Waals surface area contributed by atoms with Gasteiger partial charge in [-0.1, -0.05) is 0 Å². The van der Waals surface area contributed by atoms with Crippen molar-refractivity contribution in [2.45, 2.75) is 51.4 Å². The third-order valence-corrected chi connectivity index (χ3v) is 5.58. The van der Waals surface area contributed by atoms with Crippen LogP contribution < -0.4 is 5.32 Å². The predicted octanol–water partition coefficient (Wildman–Crippen LogP) is 2.24. The number of nitrogens with one attached hydrogen (secondary N) is 1. The van der Waals surface area contributed by atoms with Crippen LogP contribution in [0.15, 0.2) is 0 Å². The lowest BCUT2D eigenvalue weighted by Crippen LogP contribution is -2.55. The first-order valence-corrected chi connectivity index (χ1v) is 8.86. The van der Waals surface area contributed by atoms with Crippen LogP contribution in [0, 0.1) is 13.8 Å². The summed E-state index contributed by atoms with van der Waals surface area (Å²) in [5, 5.41) is 15.9. The Kier molecular flexibility index (Phi) is 5.41. The first-order chi connectivity index (χ1) is 11.5.